The quantitative estimate of drug-likeness (QED) is 0.661. The summed E-state index contributed by atoms with van der Waals surface area (Å²) in [5, 5.41) is 3.47. The van der Waals surface area contributed by atoms with Crippen LogP contribution in [0.1, 0.15) is 39.5 Å². The molecule has 1 aliphatic rings. The first kappa shape index (κ1) is 14.3. The third kappa shape index (κ3) is 6.12. The van der Waals surface area contributed by atoms with Crippen molar-refractivity contribution in [1.29, 1.82) is 0 Å². The zero-order chi connectivity index (χ0) is 11.8. The second-order valence-electron chi connectivity index (χ2n) is 5.17. The van der Waals surface area contributed by atoms with Crippen LogP contribution in [0.15, 0.2) is 0 Å². The fourth-order valence-corrected chi connectivity index (χ4v) is 3.40. The molecule has 0 aromatic heterocycles. The highest BCUT2D eigenvalue weighted by atomic mass is 32.2. The lowest BCUT2D eigenvalue weighted by Gasteiger charge is -2.23. The minimum atomic E-state index is 0.637. The molecule has 0 aromatic carbocycles. The Bertz CT molecular complexity index is 167. The summed E-state index contributed by atoms with van der Waals surface area (Å²) >= 11 is 2.11. The molecule has 0 radical (unpaired) electrons. The molecule has 1 atom stereocenters. The van der Waals surface area contributed by atoms with E-state index in [-0.39, 0.29) is 0 Å². The van der Waals surface area contributed by atoms with Gasteiger partial charge in [0.05, 0.1) is 0 Å². The van der Waals surface area contributed by atoms with E-state index < -0.39 is 0 Å². The predicted molar refractivity (Wildman–Crippen MR) is 75.3 cm³/mol. The van der Waals surface area contributed by atoms with Crippen LogP contribution in [0.2, 0.25) is 0 Å². The molecular formula is C13H28N2S. The Morgan fingerprint density at radius 1 is 1.31 bits per heavy atom. The van der Waals surface area contributed by atoms with E-state index in [4.69, 9.17) is 0 Å². The number of thioether (sulfide) groups is 1. The minimum absolute atomic E-state index is 0.637. The molecule has 1 saturated heterocycles. The summed E-state index contributed by atoms with van der Waals surface area (Å²) in [6.07, 6.45) is 5.45. The molecule has 0 amide bonds. The van der Waals surface area contributed by atoms with E-state index in [9.17, 15) is 0 Å². The van der Waals surface area contributed by atoms with Crippen molar-refractivity contribution in [1.82, 2.24) is 10.2 Å². The first-order valence-electron chi connectivity index (χ1n) is 6.71. The molecule has 16 heavy (non-hydrogen) atoms. The molecule has 3 heteroatoms. The minimum Gasteiger partial charge on any atom is -0.315 e. The van der Waals surface area contributed by atoms with E-state index in [1.807, 2.05) is 0 Å². The van der Waals surface area contributed by atoms with E-state index in [2.05, 4.69) is 42.9 Å². The zero-order valence-electron chi connectivity index (χ0n) is 11.2. The second kappa shape index (κ2) is 8.37. The third-order valence-corrected chi connectivity index (χ3v) is 4.41. The van der Waals surface area contributed by atoms with Crippen LogP contribution in [0.3, 0.4) is 0 Å². The van der Waals surface area contributed by atoms with Crippen LogP contribution in [0.5, 0.6) is 0 Å². The van der Waals surface area contributed by atoms with Gasteiger partial charge in [-0.2, -0.15) is 11.8 Å². The second-order valence-corrected chi connectivity index (χ2v) is 6.32. The highest BCUT2D eigenvalue weighted by Crippen LogP contribution is 2.21. The van der Waals surface area contributed by atoms with E-state index in [1.54, 1.807) is 0 Å². The number of hydrogen-bond acceptors (Lipinski definition) is 3. The number of nitrogens with zero attached hydrogens (tertiary/aromatic N) is 1. The Kier molecular flexibility index (Phi) is 7.50. The maximum Gasteiger partial charge on any atom is 0.0191 e. The number of hydrogen-bond donors (Lipinski definition) is 1. The highest BCUT2D eigenvalue weighted by molar-refractivity contribution is 7.99. The summed E-state index contributed by atoms with van der Waals surface area (Å²) in [7, 11) is 2.29. The monoisotopic (exact) mass is 244 g/mol. The van der Waals surface area contributed by atoms with Crippen LogP contribution in [-0.4, -0.2) is 48.6 Å². The molecule has 1 unspecified atom stereocenters. The van der Waals surface area contributed by atoms with Gasteiger partial charge in [0.15, 0.2) is 0 Å². The number of unbranched alkanes of at least 4 members (excludes halogenated alkanes) is 2. The van der Waals surface area contributed by atoms with E-state index in [1.165, 1.54) is 50.3 Å². The molecule has 1 rings (SSSR count). The molecule has 0 saturated carbocycles. The molecule has 0 bridgehead atoms. The largest absolute Gasteiger partial charge is 0.315 e. The standard InChI is InChI=1S/C13H28N2S/c1-12(2)14-8-5-4-6-9-15(3)13-7-10-16-11-13/h12-14H,4-11H2,1-3H3. The van der Waals surface area contributed by atoms with Crippen molar-refractivity contribution < 1.29 is 0 Å². The fourth-order valence-electron chi connectivity index (χ4n) is 2.11. The average Bonchev–Trinajstić information content (AvgIpc) is 2.75. The zero-order valence-corrected chi connectivity index (χ0v) is 12.0. The van der Waals surface area contributed by atoms with Gasteiger partial charge in [-0.3, -0.25) is 0 Å². The molecule has 2 nitrogen and oxygen atoms in total. The topological polar surface area (TPSA) is 15.3 Å². The Balaban J connectivity index is 1.90. The molecule has 0 spiro atoms. The average molecular weight is 244 g/mol. The molecular weight excluding hydrogens is 216 g/mol. The first-order valence-corrected chi connectivity index (χ1v) is 7.87. The van der Waals surface area contributed by atoms with Crippen molar-refractivity contribution in [3.8, 4) is 0 Å². The van der Waals surface area contributed by atoms with Crippen molar-refractivity contribution in [3.05, 3.63) is 0 Å². The van der Waals surface area contributed by atoms with Crippen molar-refractivity contribution in [2.75, 3.05) is 31.6 Å². The van der Waals surface area contributed by atoms with Crippen LogP contribution in [-0.2, 0) is 0 Å². The Labute approximate surface area is 106 Å². The Morgan fingerprint density at radius 2 is 2.12 bits per heavy atom. The Morgan fingerprint density at radius 3 is 2.75 bits per heavy atom. The number of nitrogens with one attached hydrogen (secondary N) is 1. The highest BCUT2D eigenvalue weighted by Gasteiger charge is 2.18. The van der Waals surface area contributed by atoms with Crippen molar-refractivity contribution in [3.63, 3.8) is 0 Å². The predicted octanol–water partition coefficient (Wildman–Crippen LogP) is 2.59. The van der Waals surface area contributed by atoms with Crippen LogP contribution in [0.4, 0.5) is 0 Å². The van der Waals surface area contributed by atoms with Gasteiger partial charge in [-0.15, -0.1) is 0 Å². The molecule has 1 N–H and O–H groups in total. The van der Waals surface area contributed by atoms with Gasteiger partial charge < -0.3 is 10.2 Å². The maximum absolute atomic E-state index is 3.47. The molecule has 1 fully saturated rings. The lowest BCUT2D eigenvalue weighted by atomic mass is 10.2. The summed E-state index contributed by atoms with van der Waals surface area (Å²) in [5.74, 6) is 2.72. The van der Waals surface area contributed by atoms with Gasteiger partial charge in [-0.1, -0.05) is 20.3 Å². The van der Waals surface area contributed by atoms with Gasteiger partial charge in [0.2, 0.25) is 0 Å². The van der Waals surface area contributed by atoms with Crippen molar-refractivity contribution in [2.24, 2.45) is 0 Å². The van der Waals surface area contributed by atoms with Crippen LogP contribution < -0.4 is 5.32 Å². The normalized spacial score (nSPS) is 21.2. The maximum atomic E-state index is 3.47. The SMILES string of the molecule is CC(C)NCCCCCN(C)C1CCSC1. The summed E-state index contributed by atoms with van der Waals surface area (Å²) in [6, 6.07) is 1.50. The van der Waals surface area contributed by atoms with Gasteiger partial charge in [0.25, 0.3) is 0 Å². The van der Waals surface area contributed by atoms with Gasteiger partial charge >= 0.3 is 0 Å². The molecule has 0 aromatic rings. The third-order valence-electron chi connectivity index (χ3n) is 3.27. The van der Waals surface area contributed by atoms with Crippen LogP contribution in [0, 0.1) is 0 Å². The van der Waals surface area contributed by atoms with E-state index >= 15 is 0 Å². The van der Waals surface area contributed by atoms with Gasteiger partial charge in [0, 0.05) is 17.8 Å². The number of rotatable bonds is 8. The summed E-state index contributed by atoms with van der Waals surface area (Å²) in [4.78, 5) is 2.57. The Hall–Kier alpha value is 0.270. The molecule has 1 aliphatic heterocycles. The van der Waals surface area contributed by atoms with E-state index in [0.29, 0.717) is 6.04 Å². The summed E-state index contributed by atoms with van der Waals surface area (Å²) in [6.45, 7) is 6.89. The van der Waals surface area contributed by atoms with Gasteiger partial charge in [0.1, 0.15) is 0 Å². The molecule has 0 aliphatic carbocycles. The van der Waals surface area contributed by atoms with E-state index in [0.717, 1.165) is 6.04 Å². The fraction of sp³-hybridized carbons (Fsp3) is 1.00. The summed E-state index contributed by atoms with van der Waals surface area (Å²) in [5.41, 5.74) is 0. The first-order chi connectivity index (χ1) is 7.70. The summed E-state index contributed by atoms with van der Waals surface area (Å²) < 4.78 is 0. The lowest BCUT2D eigenvalue weighted by Crippen LogP contribution is -2.32. The van der Waals surface area contributed by atoms with Crippen molar-refractivity contribution in [2.45, 2.75) is 51.6 Å². The van der Waals surface area contributed by atoms with Crippen LogP contribution in [0.25, 0.3) is 0 Å². The molecule has 96 valence electrons. The van der Waals surface area contributed by atoms with Crippen molar-refractivity contribution >= 4 is 11.8 Å². The lowest BCUT2D eigenvalue weighted by molar-refractivity contribution is 0.256. The van der Waals surface area contributed by atoms with Crippen LogP contribution >= 0.6 is 11.8 Å². The molecule has 1 heterocycles. The van der Waals surface area contributed by atoms with Gasteiger partial charge in [-0.05, 0) is 45.2 Å². The van der Waals surface area contributed by atoms with Gasteiger partial charge in [-0.25, -0.2) is 0 Å². The smallest absolute Gasteiger partial charge is 0.0191 e.